The van der Waals surface area contributed by atoms with E-state index in [2.05, 4.69) is 0 Å². The maximum absolute atomic E-state index is 10.2. The number of carbonyl (C=O) groups is 1. The summed E-state index contributed by atoms with van der Waals surface area (Å²) in [5.41, 5.74) is 5.43. The van der Waals surface area contributed by atoms with Gasteiger partial charge < -0.3 is 15.9 Å². The molecule has 5 heteroatoms. The molecule has 0 aromatic rings. The fourth-order valence-corrected chi connectivity index (χ4v) is 1.05. The van der Waals surface area contributed by atoms with Crippen LogP contribution in [0.4, 0.5) is 0 Å². The minimum absolute atomic E-state index is 0. The summed E-state index contributed by atoms with van der Waals surface area (Å²) in [5.74, 6) is -0.669. The predicted octanol–water partition coefficient (Wildman–Crippen LogP) is -0.0189. The van der Waals surface area contributed by atoms with Gasteiger partial charge >= 0.3 is 5.97 Å². The van der Waals surface area contributed by atoms with Crippen LogP contribution in [-0.2, 0) is 4.79 Å². The molecule has 72 valence electrons. The molecule has 0 spiro atoms. The zero-order valence-corrected chi connectivity index (χ0v) is 7.46. The van der Waals surface area contributed by atoms with Gasteiger partial charge in [-0.15, -0.1) is 12.4 Å². The van der Waals surface area contributed by atoms with Crippen LogP contribution >= 0.6 is 12.4 Å². The van der Waals surface area contributed by atoms with Crippen LogP contribution in [0.25, 0.3) is 0 Å². The van der Waals surface area contributed by atoms with Crippen molar-refractivity contribution in [1.82, 2.24) is 0 Å². The fraction of sp³-hybridized carbons (Fsp3) is 0.857. The summed E-state index contributed by atoms with van der Waals surface area (Å²) >= 11 is 0. The van der Waals surface area contributed by atoms with Crippen molar-refractivity contribution in [3.05, 3.63) is 0 Å². The number of hydrogen-bond acceptors (Lipinski definition) is 3. The average Bonchev–Trinajstić information content (AvgIpc) is 2.69. The number of aliphatic carboxylic acids is 1. The van der Waals surface area contributed by atoms with Crippen molar-refractivity contribution in [2.75, 3.05) is 0 Å². The van der Waals surface area contributed by atoms with Gasteiger partial charge in [-0.05, 0) is 12.3 Å². The average molecular weight is 196 g/mol. The summed E-state index contributed by atoms with van der Waals surface area (Å²) in [6.45, 7) is 0. The van der Waals surface area contributed by atoms with Gasteiger partial charge in [-0.25, -0.2) is 4.79 Å². The van der Waals surface area contributed by atoms with E-state index in [9.17, 15) is 4.79 Å². The van der Waals surface area contributed by atoms with Crippen molar-refractivity contribution in [2.24, 2.45) is 11.7 Å². The first-order valence-electron chi connectivity index (χ1n) is 3.77. The van der Waals surface area contributed by atoms with E-state index >= 15 is 0 Å². The Morgan fingerprint density at radius 1 is 1.58 bits per heavy atom. The molecule has 4 nitrogen and oxygen atoms in total. The normalized spacial score (nSPS) is 20.8. The molecule has 0 amide bonds. The Bertz CT molecular complexity index is 161. The molecule has 0 radical (unpaired) electrons. The van der Waals surface area contributed by atoms with Crippen LogP contribution in [0.1, 0.15) is 19.3 Å². The van der Waals surface area contributed by atoms with Gasteiger partial charge in [-0.1, -0.05) is 12.8 Å². The molecule has 0 aliphatic heterocycles. The van der Waals surface area contributed by atoms with Gasteiger partial charge in [0.05, 0.1) is 0 Å². The molecule has 0 saturated heterocycles. The number of hydrogen-bond donors (Lipinski definition) is 3. The van der Waals surface area contributed by atoms with Gasteiger partial charge in [0.15, 0.2) is 6.10 Å². The van der Waals surface area contributed by atoms with E-state index in [4.69, 9.17) is 15.9 Å². The Balaban J connectivity index is 0.00000121. The molecule has 0 aromatic carbocycles. The first-order chi connectivity index (χ1) is 5.11. The number of nitrogens with two attached hydrogens (primary N) is 1. The fourth-order valence-electron chi connectivity index (χ4n) is 1.05. The largest absolute Gasteiger partial charge is 0.479 e. The minimum atomic E-state index is -1.39. The van der Waals surface area contributed by atoms with Crippen LogP contribution in [0.2, 0.25) is 0 Å². The second kappa shape index (κ2) is 4.64. The van der Waals surface area contributed by atoms with Crippen molar-refractivity contribution in [1.29, 1.82) is 0 Å². The third-order valence-corrected chi connectivity index (χ3v) is 1.96. The Morgan fingerprint density at radius 2 is 2.08 bits per heavy atom. The maximum Gasteiger partial charge on any atom is 0.334 e. The van der Waals surface area contributed by atoms with E-state index in [-0.39, 0.29) is 12.4 Å². The molecule has 0 bridgehead atoms. The van der Waals surface area contributed by atoms with Crippen LogP contribution in [0.5, 0.6) is 0 Å². The van der Waals surface area contributed by atoms with Crippen molar-refractivity contribution in [3.8, 4) is 0 Å². The number of aliphatic hydroxyl groups excluding tert-OH is 1. The third kappa shape index (κ3) is 3.38. The Labute approximate surface area is 77.2 Å². The van der Waals surface area contributed by atoms with Crippen LogP contribution in [0, 0.1) is 5.92 Å². The predicted molar refractivity (Wildman–Crippen MR) is 46.2 cm³/mol. The molecule has 2 unspecified atom stereocenters. The van der Waals surface area contributed by atoms with E-state index in [1.165, 1.54) is 0 Å². The number of aliphatic hydroxyl groups is 1. The Hall–Kier alpha value is -0.320. The highest BCUT2D eigenvalue weighted by atomic mass is 35.5. The summed E-state index contributed by atoms with van der Waals surface area (Å²) in [6, 6.07) is -0.597. The Morgan fingerprint density at radius 3 is 2.42 bits per heavy atom. The lowest BCUT2D eigenvalue weighted by molar-refractivity contribution is -0.147. The van der Waals surface area contributed by atoms with Gasteiger partial charge in [0.2, 0.25) is 0 Å². The highest BCUT2D eigenvalue weighted by Crippen LogP contribution is 2.33. The molecule has 1 aliphatic rings. The molecular weight excluding hydrogens is 182 g/mol. The number of carboxylic acids is 1. The molecule has 1 aliphatic carbocycles. The van der Waals surface area contributed by atoms with E-state index in [1.807, 2.05) is 0 Å². The first-order valence-corrected chi connectivity index (χ1v) is 3.77. The third-order valence-electron chi connectivity index (χ3n) is 1.96. The van der Waals surface area contributed by atoms with Crippen LogP contribution in [0.3, 0.4) is 0 Å². The smallest absolute Gasteiger partial charge is 0.334 e. The second-order valence-electron chi connectivity index (χ2n) is 3.13. The summed E-state index contributed by atoms with van der Waals surface area (Å²) in [7, 11) is 0. The van der Waals surface area contributed by atoms with Gasteiger partial charge in [-0.2, -0.15) is 0 Å². The van der Waals surface area contributed by atoms with E-state index in [1.54, 1.807) is 0 Å². The Kier molecular flexibility index (Phi) is 4.52. The molecular formula is C7H14ClNO3. The van der Waals surface area contributed by atoms with Crippen molar-refractivity contribution >= 4 is 18.4 Å². The molecule has 1 rings (SSSR count). The summed E-state index contributed by atoms with van der Waals surface area (Å²) in [6.07, 6.45) is 1.49. The van der Waals surface area contributed by atoms with Gasteiger partial charge in [0.1, 0.15) is 0 Å². The van der Waals surface area contributed by atoms with E-state index in [0.717, 1.165) is 12.8 Å². The first kappa shape index (κ1) is 11.7. The molecule has 0 aromatic heterocycles. The molecule has 1 saturated carbocycles. The van der Waals surface area contributed by atoms with E-state index < -0.39 is 18.1 Å². The zero-order chi connectivity index (χ0) is 8.43. The molecule has 2 atom stereocenters. The number of halogens is 1. The summed E-state index contributed by atoms with van der Waals surface area (Å²) in [4.78, 5) is 10.2. The van der Waals surface area contributed by atoms with Crippen LogP contribution in [0.15, 0.2) is 0 Å². The number of carboxylic acid groups (broad SMARTS) is 1. The van der Waals surface area contributed by atoms with Gasteiger partial charge in [0.25, 0.3) is 0 Å². The monoisotopic (exact) mass is 195 g/mol. The molecule has 12 heavy (non-hydrogen) atoms. The minimum Gasteiger partial charge on any atom is -0.479 e. The molecule has 4 N–H and O–H groups in total. The summed E-state index contributed by atoms with van der Waals surface area (Å²) in [5, 5.41) is 17.3. The lowest BCUT2D eigenvalue weighted by atomic mass is 10.1. The zero-order valence-electron chi connectivity index (χ0n) is 6.64. The van der Waals surface area contributed by atoms with Crippen molar-refractivity contribution in [3.63, 3.8) is 0 Å². The summed E-state index contributed by atoms with van der Waals surface area (Å²) < 4.78 is 0. The van der Waals surface area contributed by atoms with Crippen molar-refractivity contribution in [2.45, 2.75) is 31.4 Å². The second-order valence-corrected chi connectivity index (χ2v) is 3.13. The highest BCUT2D eigenvalue weighted by molar-refractivity contribution is 5.85. The lowest BCUT2D eigenvalue weighted by Gasteiger charge is -2.13. The SMILES string of the molecule is Cl.NC(CC1CC1)C(O)C(=O)O. The van der Waals surface area contributed by atoms with Crippen molar-refractivity contribution < 1.29 is 15.0 Å². The number of rotatable bonds is 4. The van der Waals surface area contributed by atoms with Crippen LogP contribution < -0.4 is 5.73 Å². The van der Waals surface area contributed by atoms with Gasteiger partial charge in [0, 0.05) is 6.04 Å². The van der Waals surface area contributed by atoms with Gasteiger partial charge in [-0.3, -0.25) is 0 Å². The highest BCUT2D eigenvalue weighted by Gasteiger charge is 2.29. The standard InChI is InChI=1S/C7H13NO3.ClH/c8-5(3-4-1-2-4)6(9)7(10)11;/h4-6,9H,1-3,8H2,(H,10,11);1H. The quantitative estimate of drug-likeness (QED) is 0.589. The maximum atomic E-state index is 10.2. The van der Waals surface area contributed by atoms with Crippen LogP contribution in [-0.4, -0.2) is 28.3 Å². The molecule has 0 heterocycles. The lowest BCUT2D eigenvalue weighted by Crippen LogP contribution is -2.40. The topological polar surface area (TPSA) is 83.5 Å². The van der Waals surface area contributed by atoms with E-state index in [0.29, 0.717) is 12.3 Å². The molecule has 1 fully saturated rings.